The van der Waals surface area contributed by atoms with E-state index in [1.807, 2.05) is 51.5 Å². The van der Waals surface area contributed by atoms with E-state index in [-0.39, 0.29) is 24.2 Å². The highest BCUT2D eigenvalue weighted by Crippen LogP contribution is 2.45. The fourth-order valence-electron chi connectivity index (χ4n) is 9.32. The van der Waals surface area contributed by atoms with Crippen LogP contribution in [0.3, 0.4) is 0 Å². The number of aromatic nitrogens is 2. The molecule has 0 aliphatic carbocycles. The number of hydrogen-bond donors (Lipinski definition) is 0. The third kappa shape index (κ3) is 4.58. The van der Waals surface area contributed by atoms with Crippen molar-refractivity contribution in [3.63, 3.8) is 0 Å². The normalized spacial score (nSPS) is 13.1. The van der Waals surface area contributed by atoms with Crippen LogP contribution in [0.25, 0.3) is 118 Å². The van der Waals surface area contributed by atoms with Crippen molar-refractivity contribution in [2.24, 2.45) is 0 Å². The topological polar surface area (TPSA) is 9.86 Å². The van der Waals surface area contributed by atoms with Gasteiger partial charge in [-0.25, -0.2) is 0 Å². The molecule has 13 aromatic rings. The number of hydrogen-bond acceptors (Lipinski definition) is 2. The molecular weight excluding hydrogens is 741 g/mol. The molecule has 0 aliphatic rings. The van der Waals surface area contributed by atoms with Crippen LogP contribution in [-0.4, -0.2) is 9.13 Å². The Morgan fingerprint density at radius 1 is 0.345 bits per heavy atom. The molecule has 4 heteroatoms. The van der Waals surface area contributed by atoms with Gasteiger partial charge in [-0.1, -0.05) is 121 Å². The average Bonchev–Trinajstić information content (AvgIpc) is 4.07. The predicted octanol–water partition coefficient (Wildman–Crippen LogP) is 16.0. The zero-order valence-corrected chi connectivity index (χ0v) is 32.5. The Morgan fingerprint density at radius 2 is 0.862 bits per heavy atom. The lowest BCUT2D eigenvalue weighted by Gasteiger charge is -2.19. The Hall–Kier alpha value is -6.98. The smallest absolute Gasteiger partial charge is 0.0645 e. The molecule has 0 radical (unpaired) electrons. The Balaban J connectivity index is 1.12. The first-order chi connectivity index (χ1) is 30.4. The molecule has 0 spiro atoms. The largest absolute Gasteiger partial charge is 0.309 e. The summed E-state index contributed by atoms with van der Waals surface area (Å²) in [6, 6.07) is 60.2. The van der Waals surface area contributed by atoms with Gasteiger partial charge in [0, 0.05) is 78.7 Å². The first-order valence-corrected chi connectivity index (χ1v) is 21.1. The van der Waals surface area contributed by atoms with Gasteiger partial charge in [-0.3, -0.25) is 0 Å². The number of para-hydroxylation sites is 4. The number of benzene rings is 9. The van der Waals surface area contributed by atoms with Gasteiger partial charge in [-0.2, -0.15) is 0 Å². The zero-order chi connectivity index (χ0) is 41.4. The summed E-state index contributed by atoms with van der Waals surface area (Å²) in [5, 5.41) is 8.49. The summed E-state index contributed by atoms with van der Waals surface area (Å²) in [5.41, 5.74) is 9.87. The van der Waals surface area contributed by atoms with E-state index in [2.05, 4.69) is 150 Å². The van der Waals surface area contributed by atoms with Crippen molar-refractivity contribution < 1.29 is 5.48 Å². The van der Waals surface area contributed by atoms with Crippen LogP contribution >= 0.6 is 22.7 Å². The number of rotatable bonds is 4. The molecule has 9 aromatic carbocycles. The molecule has 0 unspecified atom stereocenters. The van der Waals surface area contributed by atoms with Crippen LogP contribution in [0, 0.1) is 0 Å². The summed E-state index contributed by atoms with van der Waals surface area (Å²) >= 11 is 3.66. The third-order valence-electron chi connectivity index (χ3n) is 11.9. The highest BCUT2D eigenvalue weighted by molar-refractivity contribution is 7.26. The molecule has 4 aromatic heterocycles. The minimum Gasteiger partial charge on any atom is -0.309 e. The SMILES string of the molecule is [2H]c1c([2H])c([2H])c2c(c1[2H])c1ccccc1n2-c1ccc2c(c1)c1ccccc1n2-c1c(-c2ccc3sc4ccccc4c3c2)cccc1-c1ccc2sc3ccccc3c2c1. The average molecular weight is 777 g/mol. The van der Waals surface area contributed by atoms with E-state index < -0.39 is 0 Å². The molecule has 0 amide bonds. The summed E-state index contributed by atoms with van der Waals surface area (Å²) in [5.74, 6) is 0. The lowest BCUT2D eigenvalue weighted by molar-refractivity contribution is 1.17. The lowest BCUT2D eigenvalue weighted by Crippen LogP contribution is -2.01. The maximum atomic E-state index is 9.12. The monoisotopic (exact) mass is 776 g/mol. The molecular formula is C54H32N2S2. The van der Waals surface area contributed by atoms with Crippen molar-refractivity contribution >= 4 is 107 Å². The Kier molecular flexibility index (Phi) is 6.01. The maximum absolute atomic E-state index is 9.12. The van der Waals surface area contributed by atoms with Gasteiger partial charge in [-0.15, -0.1) is 22.7 Å². The fourth-order valence-corrected chi connectivity index (χ4v) is 11.5. The lowest BCUT2D eigenvalue weighted by atomic mass is 9.94. The van der Waals surface area contributed by atoms with Crippen molar-refractivity contribution in [1.82, 2.24) is 9.13 Å². The molecule has 2 nitrogen and oxygen atoms in total. The predicted molar refractivity (Wildman–Crippen MR) is 252 cm³/mol. The minimum atomic E-state index is -0.240. The van der Waals surface area contributed by atoms with Crippen LogP contribution in [0.4, 0.5) is 0 Å². The molecule has 4 heterocycles. The molecule has 0 atom stereocenters. The standard InChI is InChI=1S/C54H32N2S2/c1-6-19-46-38(12-1)39-13-2-7-20-47(39)55(46)35-26-27-49-43(32-35)40-14-3-8-21-48(40)56(49)54-36(33-24-28-52-44(30-33)41-15-4-9-22-50(41)57-52)17-11-18-37(54)34-25-29-53-45(31-34)42-16-5-10-23-51(42)58-53/h1-32H/i1D,6D,12D,19D. The van der Waals surface area contributed by atoms with Crippen molar-refractivity contribution in [3.05, 3.63) is 194 Å². The Morgan fingerprint density at radius 3 is 1.52 bits per heavy atom. The summed E-state index contributed by atoms with van der Waals surface area (Å²) in [6.45, 7) is 0. The van der Waals surface area contributed by atoms with Crippen molar-refractivity contribution in [2.45, 2.75) is 0 Å². The second-order valence-corrected chi connectivity index (χ2v) is 17.1. The van der Waals surface area contributed by atoms with Crippen LogP contribution < -0.4 is 0 Å². The van der Waals surface area contributed by atoms with Gasteiger partial charge in [0.15, 0.2) is 0 Å². The van der Waals surface area contributed by atoms with Gasteiger partial charge >= 0.3 is 0 Å². The number of thiophene rings is 2. The highest BCUT2D eigenvalue weighted by Gasteiger charge is 2.22. The molecule has 0 aliphatic heterocycles. The first kappa shape index (κ1) is 28.4. The Bertz CT molecular complexity index is 3920. The van der Waals surface area contributed by atoms with Gasteiger partial charge in [0.05, 0.1) is 33.2 Å². The summed E-state index contributed by atoms with van der Waals surface area (Å²) < 4.78 is 44.8. The van der Waals surface area contributed by atoms with E-state index >= 15 is 0 Å². The van der Waals surface area contributed by atoms with Gasteiger partial charge < -0.3 is 9.13 Å². The Labute approximate surface area is 347 Å². The van der Waals surface area contributed by atoms with Crippen molar-refractivity contribution in [3.8, 4) is 33.6 Å². The van der Waals surface area contributed by atoms with Crippen LogP contribution in [0.15, 0.2) is 194 Å². The van der Waals surface area contributed by atoms with Crippen LogP contribution in [0.5, 0.6) is 0 Å². The number of nitrogens with zero attached hydrogens (tertiary/aromatic N) is 2. The minimum absolute atomic E-state index is 0.0277. The van der Waals surface area contributed by atoms with Crippen LogP contribution in [0.2, 0.25) is 0 Å². The van der Waals surface area contributed by atoms with Gasteiger partial charge in [0.2, 0.25) is 0 Å². The molecule has 270 valence electrons. The first-order valence-electron chi connectivity index (χ1n) is 21.4. The van der Waals surface area contributed by atoms with Crippen molar-refractivity contribution in [1.29, 1.82) is 0 Å². The molecule has 0 N–H and O–H groups in total. The molecule has 58 heavy (non-hydrogen) atoms. The van der Waals surface area contributed by atoms with Gasteiger partial charge in [0.1, 0.15) is 0 Å². The quantitative estimate of drug-likeness (QED) is 0.168. The van der Waals surface area contributed by atoms with E-state index in [9.17, 15) is 0 Å². The van der Waals surface area contributed by atoms with E-state index in [0.717, 1.165) is 66.3 Å². The van der Waals surface area contributed by atoms with Crippen LogP contribution in [-0.2, 0) is 0 Å². The van der Waals surface area contributed by atoms with E-state index in [1.165, 1.54) is 40.3 Å². The zero-order valence-electron chi connectivity index (χ0n) is 34.9. The van der Waals surface area contributed by atoms with E-state index in [1.54, 1.807) is 0 Å². The molecule has 0 saturated carbocycles. The van der Waals surface area contributed by atoms with Gasteiger partial charge in [-0.05, 0) is 83.9 Å². The van der Waals surface area contributed by atoms with E-state index in [4.69, 9.17) is 5.48 Å². The van der Waals surface area contributed by atoms with Crippen LogP contribution in [0.1, 0.15) is 5.48 Å². The second-order valence-electron chi connectivity index (χ2n) is 15.0. The molecule has 0 saturated heterocycles. The second kappa shape index (κ2) is 12.3. The molecule has 0 fully saturated rings. The van der Waals surface area contributed by atoms with Crippen molar-refractivity contribution in [2.75, 3.05) is 0 Å². The fraction of sp³-hybridized carbons (Fsp3) is 0. The maximum Gasteiger partial charge on any atom is 0.0645 e. The summed E-state index contributed by atoms with van der Waals surface area (Å²) in [7, 11) is 0. The van der Waals surface area contributed by atoms with E-state index in [0.29, 0.717) is 10.9 Å². The third-order valence-corrected chi connectivity index (χ3v) is 14.2. The van der Waals surface area contributed by atoms with Gasteiger partial charge in [0.25, 0.3) is 0 Å². The molecule has 13 rings (SSSR count). The number of fused-ring (bicyclic) bond motifs is 12. The highest BCUT2D eigenvalue weighted by atomic mass is 32.1. The summed E-state index contributed by atoms with van der Waals surface area (Å²) in [4.78, 5) is 0. The summed E-state index contributed by atoms with van der Waals surface area (Å²) in [6.07, 6.45) is 0. The molecule has 0 bridgehead atoms.